The second-order valence-electron chi connectivity index (χ2n) is 15.9. The first kappa shape index (κ1) is 37.5. The fraction of sp³-hybridized carbons (Fsp3) is 0.500. The molecule has 3 fully saturated rings. The van der Waals surface area contributed by atoms with Crippen LogP contribution in [0, 0.1) is 17.3 Å². The number of alkyl halides is 2. The number of hydrogen-bond acceptors (Lipinski definition) is 9. The summed E-state index contributed by atoms with van der Waals surface area (Å²) in [6, 6.07) is 11.0. The van der Waals surface area contributed by atoms with Gasteiger partial charge in [-0.3, -0.25) is 19.1 Å². The molecule has 2 heterocycles. The number of ether oxygens (including phenoxy) is 1. The van der Waals surface area contributed by atoms with Crippen molar-refractivity contribution in [1.82, 2.24) is 20.3 Å². The minimum absolute atomic E-state index is 0.00700. The monoisotopic (exact) mass is 767 g/mol. The van der Waals surface area contributed by atoms with Crippen molar-refractivity contribution < 1.29 is 46.0 Å². The van der Waals surface area contributed by atoms with E-state index in [0.717, 1.165) is 27.8 Å². The molecule has 2 aliphatic heterocycles. The summed E-state index contributed by atoms with van der Waals surface area (Å²) in [5.41, 5.74) is 1.82. The molecule has 54 heavy (non-hydrogen) atoms. The zero-order chi connectivity index (χ0) is 38.7. The predicted molar refractivity (Wildman–Crippen MR) is 194 cm³/mol. The Balaban J connectivity index is 1.24. The first-order chi connectivity index (χ1) is 25.5. The Hall–Kier alpha value is -4.86. The molecule has 4 amide bonds. The lowest BCUT2D eigenvalue weighted by Gasteiger charge is -2.35. The maximum atomic E-state index is 14.4. The molecule has 3 N–H and O–H groups in total. The van der Waals surface area contributed by atoms with Gasteiger partial charge in [-0.1, -0.05) is 81.4 Å². The van der Waals surface area contributed by atoms with E-state index < -0.39 is 87.0 Å². The number of nitrogens with one attached hydrogen (secondary N) is 3. The van der Waals surface area contributed by atoms with Crippen LogP contribution in [0.2, 0.25) is 0 Å². The molecule has 1 saturated heterocycles. The molecule has 4 bridgehead atoms. The van der Waals surface area contributed by atoms with Gasteiger partial charge in [-0.05, 0) is 47.4 Å². The number of alkyl carbamates (subject to hydrolysis) is 1. The zero-order valence-corrected chi connectivity index (χ0v) is 31.1. The van der Waals surface area contributed by atoms with E-state index in [1.54, 1.807) is 20.8 Å². The molecular weight excluding hydrogens is 725 g/mol. The van der Waals surface area contributed by atoms with Crippen LogP contribution in [0.1, 0.15) is 70.1 Å². The summed E-state index contributed by atoms with van der Waals surface area (Å²) in [5.74, 6) is -4.73. The van der Waals surface area contributed by atoms with Crippen LogP contribution in [0.25, 0.3) is 17.2 Å². The molecule has 0 aromatic heterocycles. The van der Waals surface area contributed by atoms with Crippen LogP contribution in [0.15, 0.2) is 53.7 Å². The summed E-state index contributed by atoms with van der Waals surface area (Å²) in [6.45, 7) is 6.86. The molecule has 2 saturated carbocycles. The molecule has 6 atom stereocenters. The van der Waals surface area contributed by atoms with Crippen molar-refractivity contribution in [3.63, 3.8) is 0 Å². The number of halogens is 2. The highest BCUT2D eigenvalue weighted by Crippen LogP contribution is 2.48. The van der Waals surface area contributed by atoms with Gasteiger partial charge in [-0.25, -0.2) is 22.0 Å². The van der Waals surface area contributed by atoms with Gasteiger partial charge in [0.15, 0.2) is 0 Å². The number of nitrogens with zero attached hydrogens (tertiary/aromatic N) is 2. The molecule has 0 spiro atoms. The smallest absolute Gasteiger partial charge is 0.407 e. The van der Waals surface area contributed by atoms with Crippen LogP contribution in [0.4, 0.5) is 13.6 Å². The molecule has 7 rings (SSSR count). The molecular formula is C38H43F2N5O8S. The molecule has 5 aliphatic rings. The maximum absolute atomic E-state index is 14.4. The molecule has 0 radical (unpaired) electrons. The largest absolute Gasteiger partial charge is 0.449 e. The molecule has 0 unspecified atom stereocenters. The highest BCUT2D eigenvalue weighted by Gasteiger charge is 2.67. The van der Waals surface area contributed by atoms with E-state index in [2.05, 4.69) is 15.8 Å². The van der Waals surface area contributed by atoms with E-state index >= 15 is 0 Å². The summed E-state index contributed by atoms with van der Waals surface area (Å²) in [5, 5.41) is 8.84. The van der Waals surface area contributed by atoms with Gasteiger partial charge in [0.2, 0.25) is 28.3 Å². The van der Waals surface area contributed by atoms with Crippen LogP contribution in [0.3, 0.4) is 0 Å². The van der Waals surface area contributed by atoms with E-state index in [9.17, 15) is 36.4 Å². The summed E-state index contributed by atoms with van der Waals surface area (Å²) >= 11 is 0. The van der Waals surface area contributed by atoms with Gasteiger partial charge >= 0.3 is 6.09 Å². The Morgan fingerprint density at radius 1 is 1.06 bits per heavy atom. The fourth-order valence-electron chi connectivity index (χ4n) is 7.31. The van der Waals surface area contributed by atoms with Crippen LogP contribution >= 0.6 is 0 Å². The van der Waals surface area contributed by atoms with Gasteiger partial charge in [0, 0.05) is 23.5 Å². The normalized spacial score (nSPS) is 29.7. The average molecular weight is 768 g/mol. The Labute approximate surface area is 311 Å². The molecule has 3 aliphatic carbocycles. The van der Waals surface area contributed by atoms with Crippen molar-refractivity contribution in [2.24, 2.45) is 22.4 Å². The van der Waals surface area contributed by atoms with E-state index in [-0.39, 0.29) is 25.5 Å². The number of cyclic esters (lactones) is 1. The maximum Gasteiger partial charge on any atom is 0.407 e. The Morgan fingerprint density at radius 3 is 2.43 bits per heavy atom. The summed E-state index contributed by atoms with van der Waals surface area (Å²) < 4.78 is 60.8. The SMILES string of the molecule is C[C@@H]1/C=C/c2ccc3c(c2)/C(=N/O[C@@H]2C[C@@H](C(=O)N[C@@]4(C(=O)NS(=O)(=O)C5CC5)C[C@H]4C(F)F)N(C2)C(=O)[C@H](C(C)(C)C)NC(=O)OC1)c1ccccc1-3. The van der Waals surface area contributed by atoms with E-state index in [0.29, 0.717) is 18.6 Å². The van der Waals surface area contributed by atoms with Crippen molar-refractivity contribution in [2.75, 3.05) is 13.2 Å². The second-order valence-corrected chi connectivity index (χ2v) is 17.9. The third kappa shape index (κ3) is 7.19. The Morgan fingerprint density at radius 2 is 1.76 bits per heavy atom. The third-order valence-electron chi connectivity index (χ3n) is 10.7. The highest BCUT2D eigenvalue weighted by atomic mass is 32.2. The molecule has 2 aromatic carbocycles. The van der Waals surface area contributed by atoms with Crippen molar-refractivity contribution in [1.29, 1.82) is 0 Å². The van der Waals surface area contributed by atoms with E-state index in [1.165, 1.54) is 4.90 Å². The highest BCUT2D eigenvalue weighted by molar-refractivity contribution is 7.91. The van der Waals surface area contributed by atoms with Crippen LogP contribution in [-0.4, -0.2) is 91.4 Å². The number of carbonyl (C=O) groups excluding carboxylic acids is 4. The van der Waals surface area contributed by atoms with Crippen LogP contribution < -0.4 is 15.4 Å². The lowest BCUT2D eigenvalue weighted by Crippen LogP contribution is -2.60. The first-order valence-corrected chi connectivity index (χ1v) is 19.6. The van der Waals surface area contributed by atoms with Crippen molar-refractivity contribution in [3.05, 3.63) is 65.2 Å². The van der Waals surface area contributed by atoms with Crippen molar-refractivity contribution >= 4 is 45.6 Å². The molecule has 288 valence electrons. The van der Waals surface area contributed by atoms with Crippen molar-refractivity contribution in [2.45, 2.75) is 88.8 Å². The van der Waals surface area contributed by atoms with Crippen LogP contribution in [-0.2, 0) is 34.0 Å². The van der Waals surface area contributed by atoms with Gasteiger partial charge in [-0.2, -0.15) is 0 Å². The minimum Gasteiger partial charge on any atom is -0.449 e. The van der Waals surface area contributed by atoms with Gasteiger partial charge in [0.1, 0.15) is 29.4 Å². The van der Waals surface area contributed by atoms with Crippen LogP contribution in [0.5, 0.6) is 0 Å². The summed E-state index contributed by atoms with van der Waals surface area (Å²) in [4.78, 5) is 62.3. The lowest BCUT2D eigenvalue weighted by atomic mass is 9.85. The summed E-state index contributed by atoms with van der Waals surface area (Å²) in [6.07, 6.45) is -0.942. The number of benzene rings is 2. The van der Waals surface area contributed by atoms with Gasteiger partial charge < -0.3 is 25.1 Å². The van der Waals surface area contributed by atoms with Gasteiger partial charge in [-0.15, -0.1) is 0 Å². The number of carbonyl (C=O) groups is 4. The first-order valence-electron chi connectivity index (χ1n) is 18.0. The quantitative estimate of drug-likeness (QED) is 0.338. The topological polar surface area (TPSA) is 173 Å². The number of fused-ring (bicyclic) bond motifs is 6. The fourth-order valence-corrected chi connectivity index (χ4v) is 8.67. The molecule has 13 nitrogen and oxygen atoms in total. The number of sulfonamides is 1. The number of rotatable bonds is 6. The number of amides is 4. The van der Waals surface area contributed by atoms with E-state index in [1.807, 2.05) is 66.3 Å². The number of oxime groups is 1. The minimum atomic E-state index is -4.12. The molecule has 16 heteroatoms. The third-order valence-corrected chi connectivity index (χ3v) is 12.5. The second kappa shape index (κ2) is 13.8. The van der Waals surface area contributed by atoms with Gasteiger partial charge in [0.25, 0.3) is 5.91 Å². The predicted octanol–water partition coefficient (Wildman–Crippen LogP) is 3.96. The zero-order valence-electron chi connectivity index (χ0n) is 30.3. The Kier molecular flexibility index (Phi) is 9.55. The average Bonchev–Trinajstić information content (AvgIpc) is 4.03. The summed E-state index contributed by atoms with van der Waals surface area (Å²) in [7, 11) is -4.12. The standard InChI is InChI=1S/C38H43F2N5O8S/c1-20-9-10-21-11-14-25-24-7-5-6-8-26(24)30(27(25)15-21)43-53-22-16-29(45(18-22)34(47)31(37(2,3)4)41-36(49)52-19-20)33(46)42-38(17-28(38)32(39)40)35(48)44-54(50,51)23-12-13-23/h5-11,14-15,20,22-23,28-29,31-32H,12-13,16-19H2,1-4H3,(H,41,49)(H,42,46)(H,44,48)/b10-9+,43-30+/t20-,22-,28+,29+,31-,38+/m1/s1. The van der Waals surface area contributed by atoms with E-state index in [4.69, 9.17) is 9.57 Å². The Bertz CT molecular complexity index is 2060. The molecule has 2 aromatic rings. The van der Waals surface area contributed by atoms with Crippen molar-refractivity contribution in [3.8, 4) is 11.1 Å². The van der Waals surface area contributed by atoms with Gasteiger partial charge in [0.05, 0.1) is 24.3 Å². The lowest BCUT2D eigenvalue weighted by molar-refractivity contribution is -0.143. The number of hydrogen-bond donors (Lipinski definition) is 3.